The van der Waals surface area contributed by atoms with Gasteiger partial charge in [-0.1, -0.05) is 20.8 Å². The Hall–Kier alpha value is -0.620. The number of carbonyl (C=O) groups is 1. The van der Waals surface area contributed by atoms with Crippen LogP contribution in [0, 0.1) is 11.8 Å². The molecule has 0 aromatic carbocycles. The van der Waals surface area contributed by atoms with Gasteiger partial charge in [-0.15, -0.1) is 0 Å². The first-order valence-corrected chi connectivity index (χ1v) is 8.79. The number of nitrogens with two attached hydrogens (primary N) is 1. The van der Waals surface area contributed by atoms with Gasteiger partial charge in [0.15, 0.2) is 9.84 Å². The molecule has 1 heterocycles. The van der Waals surface area contributed by atoms with E-state index in [1.54, 1.807) is 4.90 Å². The third-order valence-electron chi connectivity index (χ3n) is 3.61. The van der Waals surface area contributed by atoms with Gasteiger partial charge in [0.25, 0.3) is 0 Å². The molecule has 1 aliphatic rings. The predicted molar refractivity (Wildman–Crippen MR) is 76.4 cm³/mol. The van der Waals surface area contributed by atoms with Gasteiger partial charge in [-0.3, -0.25) is 4.79 Å². The van der Waals surface area contributed by atoms with Crippen molar-refractivity contribution in [1.82, 2.24) is 4.90 Å². The first kappa shape index (κ1) is 16.4. The monoisotopic (exact) mass is 290 g/mol. The summed E-state index contributed by atoms with van der Waals surface area (Å²) in [6.07, 6.45) is 1.97. The van der Waals surface area contributed by atoms with E-state index >= 15 is 0 Å². The fourth-order valence-corrected chi connectivity index (χ4v) is 4.43. The van der Waals surface area contributed by atoms with Crippen LogP contribution in [0.5, 0.6) is 0 Å². The van der Waals surface area contributed by atoms with E-state index in [1.807, 2.05) is 13.8 Å². The van der Waals surface area contributed by atoms with Crippen molar-refractivity contribution in [1.29, 1.82) is 0 Å². The summed E-state index contributed by atoms with van der Waals surface area (Å²) in [5.74, 6) is -0.217. The van der Waals surface area contributed by atoms with E-state index in [2.05, 4.69) is 6.92 Å². The lowest BCUT2D eigenvalue weighted by Gasteiger charge is -2.39. The second-order valence-electron chi connectivity index (χ2n) is 5.96. The minimum atomic E-state index is -3.31. The van der Waals surface area contributed by atoms with Crippen LogP contribution in [0.15, 0.2) is 0 Å². The van der Waals surface area contributed by atoms with Crippen molar-refractivity contribution < 1.29 is 13.2 Å². The zero-order chi connectivity index (χ0) is 14.6. The first-order valence-electron chi connectivity index (χ1n) is 6.96. The minimum Gasteiger partial charge on any atom is -0.337 e. The van der Waals surface area contributed by atoms with E-state index in [9.17, 15) is 13.2 Å². The van der Waals surface area contributed by atoms with E-state index in [-0.39, 0.29) is 29.4 Å². The van der Waals surface area contributed by atoms with Crippen molar-refractivity contribution in [2.45, 2.75) is 39.7 Å². The predicted octanol–water partition coefficient (Wildman–Crippen LogP) is 0.643. The molecule has 2 N–H and O–H groups in total. The molecule has 1 saturated heterocycles. The van der Waals surface area contributed by atoms with Crippen LogP contribution >= 0.6 is 0 Å². The molecule has 0 spiro atoms. The molecular formula is C13H26N2O3S. The van der Waals surface area contributed by atoms with E-state index < -0.39 is 9.84 Å². The number of likely N-dealkylation sites (tertiary alicyclic amines) is 1. The molecule has 2 atom stereocenters. The Bertz CT molecular complexity index is 406. The summed E-state index contributed by atoms with van der Waals surface area (Å²) >= 11 is 0. The third kappa shape index (κ3) is 4.76. The fourth-order valence-electron chi connectivity index (χ4n) is 2.76. The Morgan fingerprint density at radius 1 is 1.42 bits per heavy atom. The molecule has 0 aliphatic carbocycles. The number of hydrogen-bond donors (Lipinski definition) is 1. The van der Waals surface area contributed by atoms with Crippen molar-refractivity contribution in [2.75, 3.05) is 24.6 Å². The van der Waals surface area contributed by atoms with Gasteiger partial charge in [-0.2, -0.15) is 0 Å². The summed E-state index contributed by atoms with van der Waals surface area (Å²) in [7, 11) is -3.31. The maximum absolute atomic E-state index is 12.2. The lowest BCUT2D eigenvalue weighted by Crippen LogP contribution is -2.53. The Labute approximate surface area is 116 Å². The molecule has 0 bridgehead atoms. The van der Waals surface area contributed by atoms with Gasteiger partial charge in [0.2, 0.25) is 5.91 Å². The largest absolute Gasteiger partial charge is 0.337 e. The van der Waals surface area contributed by atoms with Crippen molar-refractivity contribution in [2.24, 2.45) is 17.6 Å². The van der Waals surface area contributed by atoms with Gasteiger partial charge in [-0.05, 0) is 24.7 Å². The highest BCUT2D eigenvalue weighted by Crippen LogP contribution is 2.23. The van der Waals surface area contributed by atoms with Crippen LogP contribution in [-0.2, 0) is 14.6 Å². The zero-order valence-corrected chi connectivity index (χ0v) is 12.9. The van der Waals surface area contributed by atoms with E-state index in [0.29, 0.717) is 19.0 Å². The lowest BCUT2D eigenvalue weighted by atomic mass is 9.91. The molecule has 1 rings (SSSR count). The maximum atomic E-state index is 12.2. The van der Waals surface area contributed by atoms with Crippen molar-refractivity contribution in [3.05, 3.63) is 0 Å². The number of sulfone groups is 1. The molecule has 1 amide bonds. The minimum absolute atomic E-state index is 0.0181. The van der Waals surface area contributed by atoms with E-state index in [4.69, 9.17) is 5.73 Å². The van der Waals surface area contributed by atoms with Gasteiger partial charge in [0, 0.05) is 19.1 Å². The van der Waals surface area contributed by atoms with Gasteiger partial charge in [0.05, 0.1) is 5.75 Å². The van der Waals surface area contributed by atoms with Gasteiger partial charge >= 0.3 is 0 Å². The normalized spacial score (nSPS) is 24.8. The lowest BCUT2D eigenvalue weighted by molar-refractivity contribution is -0.133. The van der Waals surface area contributed by atoms with Crippen LogP contribution < -0.4 is 5.73 Å². The topological polar surface area (TPSA) is 80.5 Å². The third-order valence-corrected chi connectivity index (χ3v) is 5.47. The summed E-state index contributed by atoms with van der Waals surface area (Å²) < 4.78 is 23.8. The van der Waals surface area contributed by atoms with Crippen LogP contribution in [0.1, 0.15) is 33.6 Å². The molecule has 0 aromatic rings. The molecule has 112 valence electrons. The van der Waals surface area contributed by atoms with Crippen LogP contribution in [0.25, 0.3) is 0 Å². The summed E-state index contributed by atoms with van der Waals surface area (Å²) in [5, 5.41) is 0. The van der Waals surface area contributed by atoms with Crippen LogP contribution in [-0.4, -0.2) is 49.9 Å². The summed E-state index contributed by atoms with van der Waals surface area (Å²) in [5.41, 5.74) is 5.72. The number of amides is 1. The number of piperidine rings is 1. The maximum Gasteiger partial charge on any atom is 0.238 e. The molecule has 1 fully saturated rings. The number of rotatable bonds is 5. The van der Waals surface area contributed by atoms with Crippen LogP contribution in [0.2, 0.25) is 0 Å². The zero-order valence-electron chi connectivity index (χ0n) is 12.1. The second kappa shape index (κ2) is 6.70. The summed E-state index contributed by atoms with van der Waals surface area (Å²) in [4.78, 5) is 13.9. The fraction of sp³-hybridized carbons (Fsp3) is 0.923. The highest BCUT2D eigenvalue weighted by molar-refractivity contribution is 7.92. The Kier molecular flexibility index (Phi) is 5.80. The molecule has 1 aliphatic heterocycles. The number of carbonyl (C=O) groups excluding carboxylic acids is 1. The molecule has 5 nitrogen and oxygen atoms in total. The smallest absolute Gasteiger partial charge is 0.238 e. The van der Waals surface area contributed by atoms with Gasteiger partial charge < -0.3 is 10.6 Å². The standard InChI is InChI=1S/C13H26N2O3S/c1-10(2)8-19(17,18)9-13(16)15-6-4-5-11(3)12(15)7-14/h10-12H,4-9,14H2,1-3H3/t11-,12+/m0/s1. The number of nitrogens with zero attached hydrogens (tertiary/aromatic N) is 1. The summed E-state index contributed by atoms with van der Waals surface area (Å²) in [6, 6.07) is -0.0181. The molecule has 19 heavy (non-hydrogen) atoms. The van der Waals surface area contributed by atoms with Crippen molar-refractivity contribution >= 4 is 15.7 Å². The average Bonchev–Trinajstić information content (AvgIpc) is 2.25. The molecular weight excluding hydrogens is 264 g/mol. The van der Waals surface area contributed by atoms with Crippen LogP contribution in [0.4, 0.5) is 0 Å². The SMILES string of the molecule is CC(C)CS(=O)(=O)CC(=O)N1CCC[C@H](C)[C@H]1CN. The average molecular weight is 290 g/mol. The highest BCUT2D eigenvalue weighted by Gasteiger charge is 2.32. The van der Waals surface area contributed by atoms with Crippen molar-refractivity contribution in [3.8, 4) is 0 Å². The molecule has 0 aromatic heterocycles. The molecule has 0 unspecified atom stereocenters. The molecule has 0 saturated carbocycles. The second-order valence-corrected chi connectivity index (χ2v) is 8.07. The van der Waals surface area contributed by atoms with Gasteiger partial charge in [-0.25, -0.2) is 8.42 Å². The Morgan fingerprint density at radius 3 is 2.58 bits per heavy atom. The molecule has 0 radical (unpaired) electrons. The van der Waals surface area contributed by atoms with E-state index in [0.717, 1.165) is 12.8 Å². The Morgan fingerprint density at radius 2 is 2.05 bits per heavy atom. The van der Waals surface area contributed by atoms with Crippen LogP contribution in [0.3, 0.4) is 0 Å². The highest BCUT2D eigenvalue weighted by atomic mass is 32.2. The van der Waals surface area contributed by atoms with E-state index in [1.165, 1.54) is 0 Å². The van der Waals surface area contributed by atoms with Crippen molar-refractivity contribution in [3.63, 3.8) is 0 Å². The number of hydrogen-bond acceptors (Lipinski definition) is 4. The molecule has 6 heteroatoms. The van der Waals surface area contributed by atoms with Gasteiger partial charge in [0.1, 0.15) is 5.75 Å². The first-order chi connectivity index (χ1) is 8.76. The quantitative estimate of drug-likeness (QED) is 0.806. The Balaban J connectivity index is 2.71. The summed E-state index contributed by atoms with van der Waals surface area (Å²) in [6.45, 7) is 6.78.